The molecule has 0 saturated heterocycles. The third-order valence-electron chi connectivity index (χ3n) is 2.05. The van der Waals surface area contributed by atoms with E-state index in [0.717, 1.165) is 10.6 Å². The van der Waals surface area contributed by atoms with E-state index in [1.807, 2.05) is 24.4 Å². The molecule has 1 atom stereocenters. The van der Waals surface area contributed by atoms with Gasteiger partial charge in [0, 0.05) is 0 Å². The normalized spacial score (nSPS) is 12.1. The Labute approximate surface area is 108 Å². The number of nitrogens with one attached hydrogen (secondary N) is 1. The van der Waals surface area contributed by atoms with Crippen LogP contribution in [-0.2, 0) is 9.59 Å². The number of aliphatic carboxylic acids is 1. The predicted molar refractivity (Wildman–Crippen MR) is 69.5 cm³/mol. The Morgan fingerprint density at radius 1 is 1.59 bits per heavy atom. The van der Waals surface area contributed by atoms with Gasteiger partial charge in [0.2, 0.25) is 5.91 Å². The first-order chi connectivity index (χ1) is 8.13. The zero-order valence-electron chi connectivity index (χ0n) is 9.51. The van der Waals surface area contributed by atoms with Crippen molar-refractivity contribution in [3.8, 4) is 0 Å². The highest BCUT2D eigenvalue weighted by Gasteiger charge is 2.18. The van der Waals surface area contributed by atoms with Crippen molar-refractivity contribution >= 4 is 35.0 Å². The van der Waals surface area contributed by atoms with E-state index < -0.39 is 12.0 Å². The van der Waals surface area contributed by atoms with E-state index in [4.69, 9.17) is 5.11 Å². The van der Waals surface area contributed by atoms with Gasteiger partial charge in [-0.1, -0.05) is 19.4 Å². The van der Waals surface area contributed by atoms with Crippen molar-refractivity contribution in [2.24, 2.45) is 0 Å². The first kappa shape index (κ1) is 14.1. The maximum absolute atomic E-state index is 11.5. The Hall–Kier alpha value is -1.01. The van der Waals surface area contributed by atoms with Gasteiger partial charge in [0.15, 0.2) is 0 Å². The number of carboxylic acids is 1. The van der Waals surface area contributed by atoms with Crippen LogP contribution in [0.5, 0.6) is 0 Å². The summed E-state index contributed by atoms with van der Waals surface area (Å²) in [6.07, 6.45) is 1.19. The number of rotatable bonds is 7. The van der Waals surface area contributed by atoms with Crippen LogP contribution in [0.2, 0.25) is 0 Å². The highest BCUT2D eigenvalue weighted by molar-refractivity contribution is 8.01. The lowest BCUT2D eigenvalue weighted by molar-refractivity contribution is -0.141. The van der Waals surface area contributed by atoms with Gasteiger partial charge in [0.25, 0.3) is 0 Å². The molecule has 0 aromatic carbocycles. The van der Waals surface area contributed by atoms with E-state index >= 15 is 0 Å². The minimum Gasteiger partial charge on any atom is -0.480 e. The molecule has 1 amide bonds. The standard InChI is InChI=1S/C11H15NO3S2/c1-2-4-8(11(14)15)12-9(13)7-17-10-5-3-6-16-10/h3,5-6,8H,2,4,7H2,1H3,(H,12,13)(H,14,15). The Morgan fingerprint density at radius 3 is 2.88 bits per heavy atom. The number of thioether (sulfide) groups is 1. The molecule has 4 nitrogen and oxygen atoms in total. The molecule has 1 aromatic rings. The molecule has 0 aliphatic rings. The van der Waals surface area contributed by atoms with Crippen LogP contribution in [-0.4, -0.2) is 28.8 Å². The van der Waals surface area contributed by atoms with Crippen LogP contribution in [0.3, 0.4) is 0 Å². The van der Waals surface area contributed by atoms with Gasteiger partial charge >= 0.3 is 5.97 Å². The summed E-state index contributed by atoms with van der Waals surface area (Å²) < 4.78 is 1.06. The van der Waals surface area contributed by atoms with E-state index in [9.17, 15) is 9.59 Å². The first-order valence-corrected chi connectivity index (χ1v) is 7.18. The fourth-order valence-corrected chi connectivity index (χ4v) is 2.86. The molecule has 0 aliphatic carbocycles. The molecule has 1 heterocycles. The average Bonchev–Trinajstić information content (AvgIpc) is 2.78. The van der Waals surface area contributed by atoms with Gasteiger partial charge in [-0.25, -0.2) is 4.79 Å². The summed E-state index contributed by atoms with van der Waals surface area (Å²) in [4.78, 5) is 22.4. The molecule has 6 heteroatoms. The Bertz CT molecular complexity index is 365. The summed E-state index contributed by atoms with van der Waals surface area (Å²) >= 11 is 2.99. The van der Waals surface area contributed by atoms with Crippen molar-refractivity contribution in [1.29, 1.82) is 0 Å². The lowest BCUT2D eigenvalue weighted by Gasteiger charge is -2.12. The molecule has 17 heavy (non-hydrogen) atoms. The second-order valence-electron chi connectivity index (χ2n) is 3.47. The molecule has 1 unspecified atom stereocenters. The molecular formula is C11H15NO3S2. The van der Waals surface area contributed by atoms with E-state index in [2.05, 4.69) is 5.32 Å². The van der Waals surface area contributed by atoms with E-state index in [-0.39, 0.29) is 11.7 Å². The van der Waals surface area contributed by atoms with Crippen LogP contribution in [0.1, 0.15) is 19.8 Å². The van der Waals surface area contributed by atoms with E-state index in [0.29, 0.717) is 6.42 Å². The average molecular weight is 273 g/mol. The van der Waals surface area contributed by atoms with Gasteiger partial charge < -0.3 is 10.4 Å². The fraction of sp³-hybridized carbons (Fsp3) is 0.455. The topological polar surface area (TPSA) is 66.4 Å². The number of amides is 1. The molecule has 0 aliphatic heterocycles. The maximum atomic E-state index is 11.5. The molecule has 0 fully saturated rings. The molecule has 0 spiro atoms. The Kier molecular flexibility index (Phi) is 6.07. The van der Waals surface area contributed by atoms with Crippen LogP contribution >= 0.6 is 23.1 Å². The Morgan fingerprint density at radius 2 is 2.35 bits per heavy atom. The van der Waals surface area contributed by atoms with Gasteiger partial charge in [-0.05, 0) is 17.9 Å². The molecule has 1 rings (SSSR count). The number of carboxylic acid groups (broad SMARTS) is 1. The summed E-state index contributed by atoms with van der Waals surface area (Å²) in [5.41, 5.74) is 0. The number of carbonyl (C=O) groups excluding carboxylic acids is 1. The lowest BCUT2D eigenvalue weighted by atomic mass is 10.2. The highest BCUT2D eigenvalue weighted by atomic mass is 32.2. The van der Waals surface area contributed by atoms with Crippen molar-refractivity contribution in [3.05, 3.63) is 17.5 Å². The van der Waals surface area contributed by atoms with Gasteiger partial charge in [-0.3, -0.25) is 4.79 Å². The number of hydrogen-bond donors (Lipinski definition) is 2. The van der Waals surface area contributed by atoms with Crippen molar-refractivity contribution in [3.63, 3.8) is 0 Å². The summed E-state index contributed by atoms with van der Waals surface area (Å²) in [7, 11) is 0. The Balaban J connectivity index is 2.34. The number of hydrogen-bond acceptors (Lipinski definition) is 4. The first-order valence-electron chi connectivity index (χ1n) is 5.32. The number of thiophene rings is 1. The van der Waals surface area contributed by atoms with E-state index in [1.54, 1.807) is 11.3 Å². The van der Waals surface area contributed by atoms with Crippen LogP contribution in [0.25, 0.3) is 0 Å². The summed E-state index contributed by atoms with van der Waals surface area (Å²) in [5.74, 6) is -0.945. The molecule has 1 aromatic heterocycles. The van der Waals surface area contributed by atoms with Crippen LogP contribution in [0.15, 0.2) is 21.7 Å². The highest BCUT2D eigenvalue weighted by Crippen LogP contribution is 2.22. The quantitative estimate of drug-likeness (QED) is 0.748. The van der Waals surface area contributed by atoms with Crippen molar-refractivity contribution in [2.75, 3.05) is 5.75 Å². The van der Waals surface area contributed by atoms with Gasteiger partial charge in [-0.2, -0.15) is 0 Å². The molecular weight excluding hydrogens is 258 g/mol. The summed E-state index contributed by atoms with van der Waals surface area (Å²) in [6, 6.07) is 3.09. The zero-order chi connectivity index (χ0) is 12.7. The lowest BCUT2D eigenvalue weighted by Crippen LogP contribution is -2.41. The number of carbonyl (C=O) groups is 2. The third kappa shape index (κ3) is 5.23. The molecule has 2 N–H and O–H groups in total. The van der Waals surface area contributed by atoms with Gasteiger partial charge in [0.1, 0.15) is 6.04 Å². The minimum atomic E-state index is -0.971. The maximum Gasteiger partial charge on any atom is 0.326 e. The smallest absolute Gasteiger partial charge is 0.326 e. The fourth-order valence-electron chi connectivity index (χ4n) is 1.26. The minimum absolute atomic E-state index is 0.232. The SMILES string of the molecule is CCCC(NC(=O)CSc1cccs1)C(=O)O. The largest absolute Gasteiger partial charge is 0.480 e. The van der Waals surface area contributed by atoms with Gasteiger partial charge in [0.05, 0.1) is 9.96 Å². The van der Waals surface area contributed by atoms with Crippen LogP contribution in [0.4, 0.5) is 0 Å². The molecule has 0 radical (unpaired) electrons. The zero-order valence-corrected chi connectivity index (χ0v) is 11.1. The third-order valence-corrected chi connectivity index (χ3v) is 4.18. The van der Waals surface area contributed by atoms with Crippen molar-refractivity contribution < 1.29 is 14.7 Å². The monoisotopic (exact) mass is 273 g/mol. The van der Waals surface area contributed by atoms with Crippen LogP contribution in [0, 0.1) is 0 Å². The van der Waals surface area contributed by atoms with Crippen LogP contribution < -0.4 is 5.32 Å². The molecule has 0 bridgehead atoms. The summed E-state index contributed by atoms with van der Waals surface area (Å²) in [6.45, 7) is 1.89. The van der Waals surface area contributed by atoms with Crippen molar-refractivity contribution in [2.45, 2.75) is 30.0 Å². The predicted octanol–water partition coefficient (Wildman–Crippen LogP) is 2.21. The second kappa shape index (κ2) is 7.34. The van der Waals surface area contributed by atoms with E-state index in [1.165, 1.54) is 11.8 Å². The second-order valence-corrected chi connectivity index (χ2v) is 5.69. The summed E-state index contributed by atoms with van der Waals surface area (Å²) in [5, 5.41) is 13.4. The molecule has 0 saturated carbocycles. The van der Waals surface area contributed by atoms with Crippen molar-refractivity contribution in [1.82, 2.24) is 5.32 Å². The van der Waals surface area contributed by atoms with Gasteiger partial charge in [-0.15, -0.1) is 23.1 Å². The molecule has 94 valence electrons.